The van der Waals surface area contributed by atoms with Gasteiger partial charge in [0, 0.05) is 11.6 Å². The third-order valence-electron chi connectivity index (χ3n) is 3.26. The fraction of sp³-hybridized carbons (Fsp3) is 0.111. The normalized spacial score (nSPS) is 10.4. The number of hydrazone groups is 1. The lowest BCUT2D eigenvalue weighted by Crippen LogP contribution is -2.20. The van der Waals surface area contributed by atoms with Crippen LogP contribution < -0.4 is 10.2 Å². The van der Waals surface area contributed by atoms with E-state index in [4.69, 9.17) is 34.4 Å². The minimum absolute atomic E-state index is 0.0224. The number of para-hydroxylation sites is 1. The zero-order valence-electron chi connectivity index (χ0n) is 13.8. The Morgan fingerprint density at radius 2 is 2.00 bits per heavy atom. The van der Waals surface area contributed by atoms with Gasteiger partial charge < -0.3 is 4.74 Å². The Labute approximate surface area is 165 Å². The average molecular weight is 406 g/mol. The molecule has 0 heterocycles. The van der Waals surface area contributed by atoms with Gasteiger partial charge in [0.1, 0.15) is 6.61 Å². The monoisotopic (exact) mass is 405 g/mol. The fourth-order valence-corrected chi connectivity index (χ4v) is 2.75. The number of terminal acetylenes is 1. The van der Waals surface area contributed by atoms with E-state index >= 15 is 0 Å². The van der Waals surface area contributed by atoms with Crippen molar-refractivity contribution in [3.63, 3.8) is 0 Å². The van der Waals surface area contributed by atoms with Crippen LogP contribution >= 0.6 is 23.2 Å². The average Bonchev–Trinajstić information content (AvgIpc) is 2.61. The number of carbonyl (C=O) groups excluding carboxylic acids is 1. The number of nitro groups is 1. The van der Waals surface area contributed by atoms with E-state index < -0.39 is 10.8 Å². The lowest BCUT2D eigenvalue weighted by molar-refractivity contribution is -0.385. The van der Waals surface area contributed by atoms with Crippen LogP contribution in [0.15, 0.2) is 41.5 Å². The summed E-state index contributed by atoms with van der Waals surface area (Å²) < 4.78 is 5.24. The molecule has 0 fully saturated rings. The zero-order chi connectivity index (χ0) is 19.8. The number of ether oxygens (including phenoxy) is 1. The molecule has 9 heteroatoms. The molecule has 138 valence electrons. The Bertz CT molecular complexity index is 915. The molecule has 0 spiro atoms. The molecule has 27 heavy (non-hydrogen) atoms. The molecule has 0 atom stereocenters. The Morgan fingerprint density at radius 3 is 2.63 bits per heavy atom. The van der Waals surface area contributed by atoms with Crippen molar-refractivity contribution in [3.8, 4) is 18.1 Å². The van der Waals surface area contributed by atoms with Gasteiger partial charge in [-0.2, -0.15) is 5.10 Å². The maximum Gasteiger partial charge on any atom is 0.273 e. The first-order valence-electron chi connectivity index (χ1n) is 7.52. The van der Waals surface area contributed by atoms with E-state index in [1.54, 1.807) is 6.07 Å². The summed E-state index contributed by atoms with van der Waals surface area (Å²) in [6.07, 6.45) is 6.27. The van der Waals surface area contributed by atoms with E-state index in [1.165, 1.54) is 36.5 Å². The van der Waals surface area contributed by atoms with E-state index in [0.717, 1.165) is 0 Å². The van der Waals surface area contributed by atoms with Crippen LogP contribution in [0.25, 0.3) is 0 Å². The second kappa shape index (κ2) is 9.57. The van der Waals surface area contributed by atoms with Crippen molar-refractivity contribution in [1.82, 2.24) is 5.43 Å². The smallest absolute Gasteiger partial charge is 0.273 e. The highest BCUT2D eigenvalue weighted by Gasteiger charge is 2.15. The highest BCUT2D eigenvalue weighted by atomic mass is 35.5. The van der Waals surface area contributed by atoms with Crippen LogP contribution in [0.5, 0.6) is 5.75 Å². The second-order valence-electron chi connectivity index (χ2n) is 5.16. The molecular formula is C18H13Cl2N3O4. The van der Waals surface area contributed by atoms with Gasteiger partial charge in [-0.1, -0.05) is 47.3 Å². The molecule has 0 saturated carbocycles. The number of rotatable bonds is 7. The fourth-order valence-electron chi connectivity index (χ4n) is 2.14. The van der Waals surface area contributed by atoms with Crippen molar-refractivity contribution in [2.75, 3.05) is 6.61 Å². The van der Waals surface area contributed by atoms with Crippen molar-refractivity contribution in [1.29, 1.82) is 0 Å². The van der Waals surface area contributed by atoms with E-state index in [-0.39, 0.29) is 40.1 Å². The van der Waals surface area contributed by atoms with Gasteiger partial charge in [-0.05, 0) is 17.7 Å². The first-order chi connectivity index (χ1) is 12.9. The van der Waals surface area contributed by atoms with Crippen LogP contribution in [0.3, 0.4) is 0 Å². The molecule has 0 saturated heterocycles. The van der Waals surface area contributed by atoms with Crippen LogP contribution in [0, 0.1) is 22.5 Å². The number of amides is 1. The van der Waals surface area contributed by atoms with E-state index in [0.29, 0.717) is 5.56 Å². The van der Waals surface area contributed by atoms with Gasteiger partial charge >= 0.3 is 0 Å². The summed E-state index contributed by atoms with van der Waals surface area (Å²) >= 11 is 12.2. The summed E-state index contributed by atoms with van der Waals surface area (Å²) in [4.78, 5) is 22.4. The molecule has 0 aromatic heterocycles. The lowest BCUT2D eigenvalue weighted by atomic mass is 10.1. The molecule has 0 radical (unpaired) electrons. The maximum absolute atomic E-state index is 11.9. The number of hydrogen-bond donors (Lipinski definition) is 1. The number of halogens is 2. The molecule has 1 amide bonds. The predicted octanol–water partition coefficient (Wildman–Crippen LogP) is 3.61. The molecule has 1 N–H and O–H groups in total. The Kier molecular flexibility index (Phi) is 7.17. The summed E-state index contributed by atoms with van der Waals surface area (Å²) in [5, 5.41) is 15.2. The van der Waals surface area contributed by atoms with Gasteiger partial charge in [0.15, 0.2) is 5.75 Å². The predicted molar refractivity (Wildman–Crippen MR) is 103 cm³/mol. The summed E-state index contributed by atoms with van der Waals surface area (Å²) in [5.41, 5.74) is 2.98. The third kappa shape index (κ3) is 5.71. The maximum atomic E-state index is 11.9. The van der Waals surface area contributed by atoms with Gasteiger partial charge in [0.2, 0.25) is 5.91 Å². The number of benzene rings is 2. The van der Waals surface area contributed by atoms with Crippen molar-refractivity contribution < 1.29 is 14.5 Å². The van der Waals surface area contributed by atoms with E-state index in [1.807, 2.05) is 0 Å². The molecule has 0 unspecified atom stereocenters. The standard InChI is InChI=1S/C18H13Cl2N3O4/c1-2-7-27-18-14(19)8-12(9-15(18)20)11-21-22-17(24)10-13-5-3-4-6-16(13)23(25)26/h1,3-6,8-9,11H,7,10H2,(H,22,24). The number of nitro benzene ring substituents is 1. The van der Waals surface area contributed by atoms with Gasteiger partial charge in [0.05, 0.1) is 27.6 Å². The SMILES string of the molecule is C#CCOc1c(Cl)cc(C=NNC(=O)Cc2ccccc2[N+](=O)[O-])cc1Cl. The molecule has 0 bridgehead atoms. The van der Waals surface area contributed by atoms with Gasteiger partial charge in [-0.3, -0.25) is 14.9 Å². The minimum Gasteiger partial charge on any atom is -0.478 e. The first kappa shape index (κ1) is 20.2. The topological polar surface area (TPSA) is 93.8 Å². The second-order valence-corrected chi connectivity index (χ2v) is 5.98. The van der Waals surface area contributed by atoms with Crippen molar-refractivity contribution in [2.24, 2.45) is 5.10 Å². The number of nitrogens with zero attached hydrogens (tertiary/aromatic N) is 2. The summed E-state index contributed by atoms with van der Waals surface area (Å²) in [5.74, 6) is 2.06. The third-order valence-corrected chi connectivity index (χ3v) is 3.82. The quantitative estimate of drug-likeness (QED) is 0.329. The van der Waals surface area contributed by atoms with Crippen molar-refractivity contribution in [2.45, 2.75) is 6.42 Å². The van der Waals surface area contributed by atoms with Crippen LogP contribution in [-0.2, 0) is 11.2 Å². The number of carbonyl (C=O) groups is 1. The highest BCUT2D eigenvalue weighted by molar-refractivity contribution is 6.37. The Morgan fingerprint density at radius 1 is 1.33 bits per heavy atom. The van der Waals surface area contributed by atoms with Crippen LogP contribution in [0.4, 0.5) is 5.69 Å². The molecule has 7 nitrogen and oxygen atoms in total. The summed E-state index contributed by atoms with van der Waals surface area (Å²) in [7, 11) is 0. The lowest BCUT2D eigenvalue weighted by Gasteiger charge is -2.08. The molecule has 0 aliphatic heterocycles. The van der Waals surface area contributed by atoms with Gasteiger partial charge in [-0.25, -0.2) is 5.43 Å². The molecule has 0 aliphatic carbocycles. The highest BCUT2D eigenvalue weighted by Crippen LogP contribution is 2.33. The van der Waals surface area contributed by atoms with Gasteiger partial charge in [0.25, 0.3) is 5.69 Å². The van der Waals surface area contributed by atoms with E-state index in [9.17, 15) is 14.9 Å². The van der Waals surface area contributed by atoms with Crippen LogP contribution in [0.1, 0.15) is 11.1 Å². The van der Waals surface area contributed by atoms with Crippen molar-refractivity contribution >= 4 is 41.0 Å². The first-order valence-corrected chi connectivity index (χ1v) is 8.27. The molecule has 0 aliphatic rings. The Hall–Kier alpha value is -3.08. The largest absolute Gasteiger partial charge is 0.478 e. The van der Waals surface area contributed by atoms with Crippen molar-refractivity contribution in [3.05, 3.63) is 67.7 Å². The molecule has 2 aromatic rings. The van der Waals surface area contributed by atoms with E-state index in [2.05, 4.69) is 16.4 Å². The zero-order valence-corrected chi connectivity index (χ0v) is 15.3. The van der Waals surface area contributed by atoms with Crippen LogP contribution in [0.2, 0.25) is 10.0 Å². The summed E-state index contributed by atoms with van der Waals surface area (Å²) in [6, 6.07) is 9.07. The number of hydrogen-bond acceptors (Lipinski definition) is 5. The minimum atomic E-state index is -0.542. The number of nitrogens with one attached hydrogen (secondary N) is 1. The molecular weight excluding hydrogens is 393 g/mol. The van der Waals surface area contributed by atoms with Crippen LogP contribution in [-0.4, -0.2) is 23.7 Å². The van der Waals surface area contributed by atoms with Gasteiger partial charge in [-0.15, -0.1) is 6.42 Å². The molecule has 2 aromatic carbocycles. The molecule has 2 rings (SSSR count). The summed E-state index contributed by atoms with van der Waals surface area (Å²) in [6.45, 7) is 0.0224. The Balaban J connectivity index is 2.02.